The molecule has 0 aromatic heterocycles. The van der Waals surface area contributed by atoms with E-state index in [-0.39, 0.29) is 0 Å². The van der Waals surface area contributed by atoms with E-state index in [0.29, 0.717) is 0 Å². The molecule has 1 nitrogen and oxygen atoms in total. The lowest BCUT2D eigenvalue weighted by Gasteiger charge is -2.28. The summed E-state index contributed by atoms with van der Waals surface area (Å²) in [7, 11) is 0. The molecule has 0 bridgehead atoms. The van der Waals surface area contributed by atoms with Gasteiger partial charge in [-0.25, -0.2) is 0 Å². The van der Waals surface area contributed by atoms with E-state index >= 15 is 0 Å². The van der Waals surface area contributed by atoms with Crippen molar-refractivity contribution in [2.45, 2.75) is 26.2 Å². The highest BCUT2D eigenvalue weighted by molar-refractivity contribution is 5.26. The van der Waals surface area contributed by atoms with Gasteiger partial charge in [0.25, 0.3) is 0 Å². The van der Waals surface area contributed by atoms with Crippen LogP contribution in [0.2, 0.25) is 0 Å². The van der Waals surface area contributed by atoms with E-state index in [2.05, 4.69) is 36.1 Å². The second-order valence-corrected chi connectivity index (χ2v) is 3.86. The van der Waals surface area contributed by atoms with Crippen LogP contribution >= 0.6 is 0 Å². The van der Waals surface area contributed by atoms with Crippen LogP contribution in [0.3, 0.4) is 0 Å². The molecule has 1 heterocycles. The predicted molar refractivity (Wildman–Crippen MR) is 56.4 cm³/mol. The molecule has 0 fully saturated rings. The molecule has 2 rings (SSSR count). The van der Waals surface area contributed by atoms with E-state index in [4.69, 9.17) is 0 Å². The van der Waals surface area contributed by atoms with E-state index in [9.17, 15) is 0 Å². The van der Waals surface area contributed by atoms with Gasteiger partial charge in [-0.15, -0.1) is 0 Å². The summed E-state index contributed by atoms with van der Waals surface area (Å²) in [4.78, 5) is 2.46. The minimum atomic E-state index is 1.09. The first kappa shape index (κ1) is 8.61. The lowest BCUT2D eigenvalue weighted by molar-refractivity contribution is 0.382. The minimum Gasteiger partial charge on any atom is -0.368 e. The fourth-order valence-electron chi connectivity index (χ4n) is 1.93. The highest BCUT2D eigenvalue weighted by atomic mass is 15.1. The number of nitrogens with zero attached hydrogens (tertiary/aromatic N) is 1. The lowest BCUT2D eigenvalue weighted by atomic mass is 10.0. The van der Waals surface area contributed by atoms with Crippen molar-refractivity contribution in [3.05, 3.63) is 35.6 Å². The normalized spacial score (nSPS) is 22.7. The van der Waals surface area contributed by atoms with Gasteiger partial charge in [0.05, 0.1) is 0 Å². The van der Waals surface area contributed by atoms with Gasteiger partial charge in [-0.2, -0.15) is 0 Å². The SMILES string of the molecule is CC1=CC(N2CC=CCC2)=CCC1. The second-order valence-electron chi connectivity index (χ2n) is 3.86. The Kier molecular flexibility index (Phi) is 2.53. The second kappa shape index (κ2) is 3.82. The molecule has 13 heavy (non-hydrogen) atoms. The maximum Gasteiger partial charge on any atom is 0.0359 e. The first-order chi connectivity index (χ1) is 6.36. The van der Waals surface area contributed by atoms with Crippen LogP contribution in [0.25, 0.3) is 0 Å². The van der Waals surface area contributed by atoms with Crippen LogP contribution in [-0.4, -0.2) is 18.0 Å². The summed E-state index contributed by atoms with van der Waals surface area (Å²) in [5, 5.41) is 0. The van der Waals surface area contributed by atoms with Crippen LogP contribution in [0, 0.1) is 0 Å². The molecule has 0 radical (unpaired) electrons. The van der Waals surface area contributed by atoms with Crippen molar-refractivity contribution in [3.63, 3.8) is 0 Å². The zero-order valence-electron chi connectivity index (χ0n) is 8.29. The molecule has 0 saturated heterocycles. The van der Waals surface area contributed by atoms with Crippen molar-refractivity contribution in [2.75, 3.05) is 13.1 Å². The highest BCUT2D eigenvalue weighted by Gasteiger charge is 2.10. The molecule has 0 aromatic rings. The van der Waals surface area contributed by atoms with E-state index in [1.165, 1.54) is 37.1 Å². The Bertz CT molecular complexity index is 271. The molecule has 0 N–H and O–H groups in total. The van der Waals surface area contributed by atoms with Crippen LogP contribution in [-0.2, 0) is 0 Å². The number of rotatable bonds is 1. The number of hydrogen-bond acceptors (Lipinski definition) is 1. The van der Waals surface area contributed by atoms with Gasteiger partial charge in [0, 0.05) is 18.8 Å². The predicted octanol–water partition coefficient (Wildman–Crippen LogP) is 2.87. The molecule has 0 unspecified atom stereocenters. The first-order valence-electron chi connectivity index (χ1n) is 5.13. The van der Waals surface area contributed by atoms with Crippen LogP contribution in [0.15, 0.2) is 35.6 Å². The standard InChI is InChI=1S/C12H17N/c1-11-6-5-7-12(10-11)13-8-3-2-4-9-13/h2-3,7,10H,4-6,8-9H2,1H3. The van der Waals surface area contributed by atoms with E-state index in [1.807, 2.05) is 0 Å². The zero-order valence-corrected chi connectivity index (χ0v) is 8.29. The van der Waals surface area contributed by atoms with Gasteiger partial charge >= 0.3 is 0 Å². The zero-order chi connectivity index (χ0) is 9.10. The van der Waals surface area contributed by atoms with Gasteiger partial charge in [-0.1, -0.05) is 23.8 Å². The molecule has 0 spiro atoms. The fraction of sp³-hybridized carbons (Fsp3) is 0.500. The third-order valence-corrected chi connectivity index (χ3v) is 2.71. The van der Waals surface area contributed by atoms with Crippen LogP contribution in [0.1, 0.15) is 26.2 Å². The average molecular weight is 175 g/mol. The van der Waals surface area contributed by atoms with Crippen molar-refractivity contribution < 1.29 is 0 Å². The third-order valence-electron chi connectivity index (χ3n) is 2.71. The quantitative estimate of drug-likeness (QED) is 0.554. The molecule has 0 saturated carbocycles. The lowest BCUT2D eigenvalue weighted by Crippen LogP contribution is -2.26. The monoisotopic (exact) mass is 175 g/mol. The highest BCUT2D eigenvalue weighted by Crippen LogP contribution is 2.20. The summed E-state index contributed by atoms with van der Waals surface area (Å²) in [6.45, 7) is 4.51. The van der Waals surface area contributed by atoms with Gasteiger partial charge in [-0.05, 0) is 32.3 Å². The average Bonchev–Trinajstić information content (AvgIpc) is 2.19. The van der Waals surface area contributed by atoms with E-state index in [1.54, 1.807) is 0 Å². The van der Waals surface area contributed by atoms with Crippen molar-refractivity contribution in [3.8, 4) is 0 Å². The van der Waals surface area contributed by atoms with E-state index < -0.39 is 0 Å². The molecule has 1 aliphatic heterocycles. The Morgan fingerprint density at radius 3 is 2.85 bits per heavy atom. The molecule has 70 valence electrons. The Hall–Kier alpha value is -0.980. The summed E-state index contributed by atoms with van der Waals surface area (Å²) in [6.07, 6.45) is 12.9. The molecule has 2 aliphatic rings. The van der Waals surface area contributed by atoms with Crippen molar-refractivity contribution in [2.24, 2.45) is 0 Å². The summed E-state index contributed by atoms with van der Waals surface area (Å²) in [5.41, 5.74) is 2.96. The maximum atomic E-state index is 2.46. The Labute approximate surface area is 80.4 Å². The summed E-state index contributed by atoms with van der Waals surface area (Å²) in [5.74, 6) is 0. The van der Waals surface area contributed by atoms with Crippen molar-refractivity contribution >= 4 is 0 Å². The van der Waals surface area contributed by atoms with Crippen molar-refractivity contribution in [1.82, 2.24) is 4.90 Å². The molecular weight excluding hydrogens is 158 g/mol. The van der Waals surface area contributed by atoms with Crippen LogP contribution in [0.4, 0.5) is 0 Å². The summed E-state index contributed by atoms with van der Waals surface area (Å²) >= 11 is 0. The Balaban J connectivity index is 2.07. The van der Waals surface area contributed by atoms with Gasteiger partial charge in [0.1, 0.15) is 0 Å². The molecule has 1 aliphatic carbocycles. The van der Waals surface area contributed by atoms with Gasteiger partial charge in [0.15, 0.2) is 0 Å². The number of hydrogen-bond donors (Lipinski definition) is 0. The summed E-state index contributed by atoms with van der Waals surface area (Å²) < 4.78 is 0. The molecule has 1 heteroatoms. The van der Waals surface area contributed by atoms with E-state index in [0.717, 1.165) is 6.54 Å². The first-order valence-corrected chi connectivity index (χ1v) is 5.13. The fourth-order valence-corrected chi connectivity index (χ4v) is 1.93. The minimum absolute atomic E-state index is 1.09. The smallest absolute Gasteiger partial charge is 0.0359 e. The van der Waals surface area contributed by atoms with Crippen LogP contribution in [0.5, 0.6) is 0 Å². The topological polar surface area (TPSA) is 3.24 Å². The molecular formula is C12H17N. The Morgan fingerprint density at radius 1 is 1.23 bits per heavy atom. The summed E-state index contributed by atoms with van der Waals surface area (Å²) in [6, 6.07) is 0. The van der Waals surface area contributed by atoms with Crippen LogP contribution < -0.4 is 0 Å². The van der Waals surface area contributed by atoms with Crippen molar-refractivity contribution in [1.29, 1.82) is 0 Å². The molecule has 0 aromatic carbocycles. The largest absolute Gasteiger partial charge is 0.368 e. The molecule has 0 amide bonds. The Morgan fingerprint density at radius 2 is 2.15 bits per heavy atom. The van der Waals surface area contributed by atoms with Gasteiger partial charge in [0.2, 0.25) is 0 Å². The molecule has 0 atom stereocenters. The van der Waals surface area contributed by atoms with Gasteiger partial charge in [-0.3, -0.25) is 0 Å². The van der Waals surface area contributed by atoms with Gasteiger partial charge < -0.3 is 4.90 Å². The number of allylic oxidation sites excluding steroid dienone is 3. The maximum absolute atomic E-state index is 2.46. The third kappa shape index (κ3) is 2.03.